The number of aromatic nitrogens is 1. The maximum Gasteiger partial charge on any atom is 0.329 e. The quantitative estimate of drug-likeness (QED) is 0.214. The predicted molar refractivity (Wildman–Crippen MR) is 180 cm³/mol. The molecule has 0 spiro atoms. The maximum absolute atomic E-state index is 4.69. The molecule has 3 aliphatic rings. The maximum atomic E-state index is 4.69. The standard InChI is InChI=1S/C38H27BN4/c1-2-10-28(11-3-1)41-22-23-42(26-41)29-18-20-33-31-13-5-7-15-35(31)39-34-14-6-4-12-30(34)32-19-17-27(36-16-8-9-21-40-36)24-37(32)43(39)38(33)25-29/h1-25H,26H2. The SMILES string of the molecule is C1=CN(c2ccc3c(c2)N2B(c4ccccc4-c4ccc(-c5ccccn5)cc42)c2ccccc2-3)CN1c1ccccc1. The second kappa shape index (κ2) is 9.50. The van der Waals surface area contributed by atoms with Crippen LogP contribution in [0.15, 0.2) is 152 Å². The summed E-state index contributed by atoms with van der Waals surface area (Å²) < 4.78 is 0. The lowest BCUT2D eigenvalue weighted by Gasteiger charge is -2.43. The Labute approximate surface area is 251 Å². The van der Waals surface area contributed by atoms with Crippen molar-refractivity contribution in [3.05, 3.63) is 152 Å². The minimum Gasteiger partial charge on any atom is -0.376 e. The van der Waals surface area contributed by atoms with Gasteiger partial charge in [-0.05, 0) is 64.5 Å². The number of hydrogen-bond acceptors (Lipinski definition) is 4. The smallest absolute Gasteiger partial charge is 0.329 e. The molecule has 0 amide bonds. The lowest BCUT2D eigenvalue weighted by molar-refractivity contribution is 0.975. The summed E-state index contributed by atoms with van der Waals surface area (Å²) in [6.07, 6.45) is 6.22. The summed E-state index contributed by atoms with van der Waals surface area (Å²) in [6, 6.07) is 48.3. The molecular formula is C38H27BN4. The van der Waals surface area contributed by atoms with Crippen LogP contribution in [0.5, 0.6) is 0 Å². The zero-order valence-corrected chi connectivity index (χ0v) is 23.5. The molecule has 0 radical (unpaired) electrons. The summed E-state index contributed by atoms with van der Waals surface area (Å²) in [5.74, 6) is 0. The zero-order chi connectivity index (χ0) is 28.3. The van der Waals surface area contributed by atoms with Crippen molar-refractivity contribution < 1.29 is 0 Å². The van der Waals surface area contributed by atoms with Crippen molar-refractivity contribution in [2.75, 3.05) is 21.3 Å². The van der Waals surface area contributed by atoms with Crippen LogP contribution in [-0.4, -0.2) is 18.5 Å². The molecule has 0 saturated heterocycles. The number of para-hydroxylation sites is 1. The second-order valence-electron chi connectivity index (χ2n) is 11.3. The van der Waals surface area contributed by atoms with E-state index in [0.29, 0.717) is 0 Å². The van der Waals surface area contributed by atoms with Gasteiger partial charge in [0.2, 0.25) is 0 Å². The number of rotatable bonds is 3. The first kappa shape index (κ1) is 24.1. The largest absolute Gasteiger partial charge is 0.376 e. The fourth-order valence-electron chi connectivity index (χ4n) is 6.97. The van der Waals surface area contributed by atoms with Gasteiger partial charge in [-0.15, -0.1) is 0 Å². The Morgan fingerprint density at radius 1 is 0.512 bits per heavy atom. The van der Waals surface area contributed by atoms with E-state index in [2.05, 4.69) is 159 Å². The third kappa shape index (κ3) is 3.75. The van der Waals surface area contributed by atoms with Gasteiger partial charge < -0.3 is 14.6 Å². The van der Waals surface area contributed by atoms with Gasteiger partial charge in [0.1, 0.15) is 0 Å². The lowest BCUT2D eigenvalue weighted by atomic mass is 9.43. The second-order valence-corrected chi connectivity index (χ2v) is 11.3. The monoisotopic (exact) mass is 550 g/mol. The van der Waals surface area contributed by atoms with E-state index in [9.17, 15) is 0 Å². The van der Waals surface area contributed by atoms with E-state index in [1.54, 1.807) is 0 Å². The Morgan fingerprint density at radius 3 is 1.86 bits per heavy atom. The minimum absolute atomic E-state index is 0.0663. The highest BCUT2D eigenvalue weighted by molar-refractivity contribution is 6.92. The summed E-state index contributed by atoms with van der Waals surface area (Å²) in [7, 11) is 0. The molecule has 0 atom stereocenters. The minimum atomic E-state index is 0.0663. The third-order valence-electron chi connectivity index (χ3n) is 8.96. The van der Waals surface area contributed by atoms with Crippen molar-refractivity contribution in [3.8, 4) is 33.5 Å². The first-order valence-electron chi connectivity index (χ1n) is 14.8. The first-order valence-corrected chi connectivity index (χ1v) is 14.8. The van der Waals surface area contributed by atoms with Crippen LogP contribution in [0.25, 0.3) is 33.5 Å². The number of pyridine rings is 1. The molecule has 9 rings (SSSR count). The molecule has 0 saturated carbocycles. The lowest BCUT2D eigenvalue weighted by Crippen LogP contribution is -2.59. The van der Waals surface area contributed by atoms with Gasteiger partial charge in [0.25, 0.3) is 0 Å². The zero-order valence-electron chi connectivity index (χ0n) is 23.5. The highest BCUT2D eigenvalue weighted by Crippen LogP contribution is 2.48. The Hall–Kier alpha value is -5.55. The van der Waals surface area contributed by atoms with Gasteiger partial charge in [-0.3, -0.25) is 4.98 Å². The van der Waals surface area contributed by atoms with Crippen LogP contribution in [-0.2, 0) is 0 Å². The molecule has 5 aromatic carbocycles. The fourth-order valence-corrected chi connectivity index (χ4v) is 6.97. The van der Waals surface area contributed by atoms with Crippen LogP contribution >= 0.6 is 0 Å². The van der Waals surface area contributed by atoms with Crippen LogP contribution < -0.4 is 25.5 Å². The van der Waals surface area contributed by atoms with Crippen molar-refractivity contribution in [1.29, 1.82) is 0 Å². The molecule has 5 heteroatoms. The topological polar surface area (TPSA) is 22.6 Å². The summed E-state index contributed by atoms with van der Waals surface area (Å²) in [5.41, 5.74) is 14.7. The Balaban J connectivity index is 1.24. The third-order valence-corrected chi connectivity index (χ3v) is 8.96. The predicted octanol–water partition coefficient (Wildman–Crippen LogP) is 7.41. The van der Waals surface area contributed by atoms with Gasteiger partial charge in [-0.25, -0.2) is 0 Å². The van der Waals surface area contributed by atoms with Crippen LogP contribution in [0.1, 0.15) is 0 Å². The molecule has 1 aromatic heterocycles. The summed E-state index contributed by atoms with van der Waals surface area (Å²) >= 11 is 0. The number of nitrogens with zero attached hydrogens (tertiary/aromatic N) is 4. The van der Waals surface area contributed by atoms with Gasteiger partial charge in [0, 0.05) is 58.0 Å². The van der Waals surface area contributed by atoms with E-state index in [-0.39, 0.29) is 6.85 Å². The van der Waals surface area contributed by atoms with Crippen LogP contribution in [0.3, 0.4) is 0 Å². The number of anilines is 4. The molecule has 0 unspecified atom stereocenters. The fraction of sp³-hybridized carbons (Fsp3) is 0.0263. The van der Waals surface area contributed by atoms with Crippen molar-refractivity contribution in [1.82, 2.24) is 4.98 Å². The van der Waals surface area contributed by atoms with Gasteiger partial charge >= 0.3 is 6.85 Å². The average Bonchev–Trinajstić information content (AvgIpc) is 3.59. The van der Waals surface area contributed by atoms with Gasteiger partial charge in [-0.1, -0.05) is 91.0 Å². The molecular weight excluding hydrogens is 523 g/mol. The first-order chi connectivity index (χ1) is 21.3. The van der Waals surface area contributed by atoms with E-state index >= 15 is 0 Å². The van der Waals surface area contributed by atoms with E-state index < -0.39 is 0 Å². The number of benzene rings is 5. The van der Waals surface area contributed by atoms with Crippen molar-refractivity contribution in [2.24, 2.45) is 0 Å². The highest BCUT2D eigenvalue weighted by atomic mass is 15.3. The normalized spacial score (nSPS) is 14.1. The Bertz CT molecular complexity index is 2040. The molecule has 0 bridgehead atoms. The van der Waals surface area contributed by atoms with Crippen LogP contribution in [0, 0.1) is 0 Å². The molecule has 43 heavy (non-hydrogen) atoms. The van der Waals surface area contributed by atoms with Crippen molar-refractivity contribution in [2.45, 2.75) is 0 Å². The molecule has 0 N–H and O–H groups in total. The van der Waals surface area contributed by atoms with Crippen LogP contribution in [0.2, 0.25) is 0 Å². The average molecular weight is 550 g/mol. The number of fused-ring (bicyclic) bond motifs is 11. The Kier molecular flexibility index (Phi) is 5.32. The highest BCUT2D eigenvalue weighted by Gasteiger charge is 2.42. The molecule has 0 aliphatic carbocycles. The van der Waals surface area contributed by atoms with E-state index in [4.69, 9.17) is 0 Å². The molecule has 202 valence electrons. The summed E-state index contributed by atoms with van der Waals surface area (Å²) in [5, 5.41) is 0. The molecule has 4 heterocycles. The van der Waals surface area contributed by atoms with E-state index in [0.717, 1.165) is 17.9 Å². The van der Waals surface area contributed by atoms with Crippen LogP contribution in [0.4, 0.5) is 22.7 Å². The molecule has 3 aliphatic heterocycles. The summed E-state index contributed by atoms with van der Waals surface area (Å²) in [6.45, 7) is 0.836. The Morgan fingerprint density at radius 2 is 1.14 bits per heavy atom. The van der Waals surface area contributed by atoms with Gasteiger partial charge in [0.05, 0.1) is 12.4 Å². The van der Waals surface area contributed by atoms with Gasteiger partial charge in [-0.2, -0.15) is 0 Å². The van der Waals surface area contributed by atoms with Gasteiger partial charge in [0.15, 0.2) is 0 Å². The van der Waals surface area contributed by atoms with E-state index in [1.165, 1.54) is 55.9 Å². The molecule has 4 nitrogen and oxygen atoms in total. The molecule has 6 aromatic rings. The molecule has 0 fully saturated rings. The van der Waals surface area contributed by atoms with Crippen molar-refractivity contribution >= 4 is 40.5 Å². The van der Waals surface area contributed by atoms with Crippen molar-refractivity contribution in [3.63, 3.8) is 0 Å². The van der Waals surface area contributed by atoms with E-state index in [1.807, 2.05) is 12.3 Å². The summed E-state index contributed by atoms with van der Waals surface area (Å²) in [4.78, 5) is 11.9. The number of hydrogen-bond donors (Lipinski definition) is 0.